The fraction of sp³-hybridized carbons (Fsp3) is 0.400. The van der Waals surface area contributed by atoms with E-state index in [4.69, 9.17) is 0 Å². The van der Waals surface area contributed by atoms with E-state index in [9.17, 15) is 4.79 Å². The molecule has 2 aromatic rings. The Kier molecular flexibility index (Phi) is 3.96. The fourth-order valence-electron chi connectivity index (χ4n) is 2.67. The van der Waals surface area contributed by atoms with Crippen LogP contribution < -0.4 is 10.6 Å². The summed E-state index contributed by atoms with van der Waals surface area (Å²) in [4.78, 5) is 12.4. The van der Waals surface area contributed by atoms with Crippen molar-refractivity contribution in [1.29, 1.82) is 0 Å². The van der Waals surface area contributed by atoms with E-state index in [0.29, 0.717) is 13.0 Å². The summed E-state index contributed by atoms with van der Waals surface area (Å²) in [6, 6.07) is 7.86. The first kappa shape index (κ1) is 13.8. The van der Waals surface area contributed by atoms with Gasteiger partial charge in [0, 0.05) is 26.6 Å². The highest BCUT2D eigenvalue weighted by molar-refractivity contribution is 5.83. The van der Waals surface area contributed by atoms with E-state index in [1.165, 1.54) is 5.56 Å². The van der Waals surface area contributed by atoms with Crippen molar-refractivity contribution in [1.82, 2.24) is 25.4 Å². The molecule has 0 bridgehead atoms. The summed E-state index contributed by atoms with van der Waals surface area (Å²) >= 11 is 0. The molecule has 1 amide bonds. The van der Waals surface area contributed by atoms with Gasteiger partial charge in [-0.05, 0) is 17.5 Å². The first-order valence-corrected chi connectivity index (χ1v) is 7.17. The minimum absolute atomic E-state index is 0.0179. The molecule has 1 aliphatic rings. The molecule has 1 aromatic heterocycles. The van der Waals surface area contributed by atoms with E-state index in [1.54, 1.807) is 6.33 Å². The Labute approximate surface area is 123 Å². The van der Waals surface area contributed by atoms with Crippen molar-refractivity contribution in [2.45, 2.75) is 18.9 Å². The summed E-state index contributed by atoms with van der Waals surface area (Å²) < 4.78 is 1.86. The zero-order valence-corrected chi connectivity index (χ0v) is 12.0. The van der Waals surface area contributed by atoms with Crippen molar-refractivity contribution in [2.75, 3.05) is 13.1 Å². The molecule has 2 N–H and O–H groups in total. The van der Waals surface area contributed by atoms with Crippen molar-refractivity contribution < 1.29 is 4.79 Å². The molecule has 2 heterocycles. The molecule has 6 heteroatoms. The van der Waals surface area contributed by atoms with Crippen LogP contribution in [0.15, 0.2) is 30.6 Å². The first-order chi connectivity index (χ1) is 10.3. The average Bonchev–Trinajstić information content (AvgIpc) is 2.92. The molecule has 0 saturated carbocycles. The molecule has 1 unspecified atom stereocenters. The zero-order valence-electron chi connectivity index (χ0n) is 12.0. The van der Waals surface area contributed by atoms with E-state index >= 15 is 0 Å². The van der Waals surface area contributed by atoms with Crippen molar-refractivity contribution >= 4 is 5.91 Å². The lowest BCUT2D eigenvalue weighted by Gasteiger charge is -2.26. The van der Waals surface area contributed by atoms with Gasteiger partial charge in [-0.3, -0.25) is 4.79 Å². The lowest BCUT2D eigenvalue weighted by atomic mass is 9.94. The maximum absolute atomic E-state index is 12.4. The van der Waals surface area contributed by atoms with Crippen molar-refractivity contribution in [3.8, 4) is 0 Å². The third kappa shape index (κ3) is 2.95. The van der Waals surface area contributed by atoms with Gasteiger partial charge in [-0.1, -0.05) is 24.3 Å². The van der Waals surface area contributed by atoms with Crippen LogP contribution in [0.1, 0.15) is 23.0 Å². The molecule has 0 aliphatic carbocycles. The molecule has 0 saturated heterocycles. The second-order valence-electron chi connectivity index (χ2n) is 5.24. The number of nitrogens with zero attached hydrogens (tertiary/aromatic N) is 3. The summed E-state index contributed by atoms with van der Waals surface area (Å²) in [7, 11) is 1.90. The number of hydrogen-bond acceptors (Lipinski definition) is 4. The minimum Gasteiger partial charge on any atom is -0.354 e. The Balaban J connectivity index is 1.60. The summed E-state index contributed by atoms with van der Waals surface area (Å²) in [5, 5.41) is 14.1. The van der Waals surface area contributed by atoms with Gasteiger partial charge in [0.1, 0.15) is 18.2 Å². The van der Waals surface area contributed by atoms with Gasteiger partial charge in [0.2, 0.25) is 5.91 Å². The van der Waals surface area contributed by atoms with Crippen LogP contribution in [0.25, 0.3) is 0 Å². The van der Waals surface area contributed by atoms with Gasteiger partial charge in [0.15, 0.2) is 0 Å². The molecule has 0 radical (unpaired) electrons. The molecule has 3 rings (SSSR count). The molecule has 1 atom stereocenters. The number of benzene rings is 1. The van der Waals surface area contributed by atoms with Gasteiger partial charge in [-0.2, -0.15) is 0 Å². The second-order valence-corrected chi connectivity index (χ2v) is 5.24. The van der Waals surface area contributed by atoms with Gasteiger partial charge in [-0.25, -0.2) is 0 Å². The molecule has 1 aliphatic heterocycles. The van der Waals surface area contributed by atoms with Crippen LogP contribution in [-0.4, -0.2) is 33.8 Å². The fourth-order valence-corrected chi connectivity index (χ4v) is 2.67. The monoisotopic (exact) mass is 285 g/mol. The first-order valence-electron chi connectivity index (χ1n) is 7.17. The highest BCUT2D eigenvalue weighted by Gasteiger charge is 2.25. The van der Waals surface area contributed by atoms with Crippen LogP contribution in [0.4, 0.5) is 0 Å². The second kappa shape index (κ2) is 6.05. The number of amides is 1. The van der Waals surface area contributed by atoms with Crippen LogP contribution in [-0.2, 0) is 24.7 Å². The topological polar surface area (TPSA) is 71.8 Å². The van der Waals surface area contributed by atoms with E-state index < -0.39 is 0 Å². The number of fused-ring (bicyclic) bond motifs is 1. The predicted molar refractivity (Wildman–Crippen MR) is 78.6 cm³/mol. The molecule has 1 aromatic carbocycles. The van der Waals surface area contributed by atoms with Crippen molar-refractivity contribution in [3.05, 3.63) is 47.5 Å². The Morgan fingerprint density at radius 3 is 3.14 bits per heavy atom. The molecule has 0 fully saturated rings. The van der Waals surface area contributed by atoms with E-state index in [0.717, 1.165) is 24.4 Å². The largest absolute Gasteiger partial charge is 0.354 e. The summed E-state index contributed by atoms with van der Waals surface area (Å²) in [5.74, 6) is 0.886. The van der Waals surface area contributed by atoms with Gasteiger partial charge < -0.3 is 15.2 Å². The highest BCUT2D eigenvalue weighted by atomic mass is 16.2. The number of carbonyl (C=O) groups is 1. The van der Waals surface area contributed by atoms with Gasteiger partial charge in [0.25, 0.3) is 0 Å². The van der Waals surface area contributed by atoms with E-state index in [1.807, 2.05) is 29.8 Å². The summed E-state index contributed by atoms with van der Waals surface area (Å²) in [5.41, 5.74) is 2.34. The summed E-state index contributed by atoms with van der Waals surface area (Å²) in [6.45, 7) is 1.39. The van der Waals surface area contributed by atoms with Crippen LogP contribution in [0.5, 0.6) is 0 Å². The third-order valence-electron chi connectivity index (χ3n) is 3.82. The Morgan fingerprint density at radius 1 is 1.48 bits per heavy atom. The Bertz CT molecular complexity index is 636. The lowest BCUT2D eigenvalue weighted by molar-refractivity contribution is -0.123. The van der Waals surface area contributed by atoms with Gasteiger partial charge in [0.05, 0.1) is 0 Å². The molecule has 21 heavy (non-hydrogen) atoms. The SMILES string of the molecule is Cn1cnnc1CCNC(=O)C1NCCc2ccccc21. The number of aryl methyl sites for hydroxylation is 1. The molecule has 110 valence electrons. The van der Waals surface area contributed by atoms with Gasteiger partial charge in [-0.15, -0.1) is 10.2 Å². The Hall–Kier alpha value is -2.21. The van der Waals surface area contributed by atoms with Crippen LogP contribution in [0, 0.1) is 0 Å². The smallest absolute Gasteiger partial charge is 0.241 e. The normalized spacial score (nSPS) is 17.3. The quantitative estimate of drug-likeness (QED) is 0.851. The lowest BCUT2D eigenvalue weighted by Crippen LogP contribution is -2.42. The van der Waals surface area contributed by atoms with Crippen molar-refractivity contribution in [2.24, 2.45) is 7.05 Å². The molecule has 0 spiro atoms. The Morgan fingerprint density at radius 2 is 2.33 bits per heavy atom. The molecule has 6 nitrogen and oxygen atoms in total. The predicted octanol–water partition coefficient (Wildman–Crippen LogP) is 0.361. The number of nitrogens with one attached hydrogen (secondary N) is 2. The highest BCUT2D eigenvalue weighted by Crippen LogP contribution is 2.22. The third-order valence-corrected chi connectivity index (χ3v) is 3.82. The average molecular weight is 285 g/mol. The minimum atomic E-state index is -0.255. The number of hydrogen-bond donors (Lipinski definition) is 2. The maximum atomic E-state index is 12.4. The van der Waals surface area contributed by atoms with Crippen molar-refractivity contribution in [3.63, 3.8) is 0 Å². The summed E-state index contributed by atoms with van der Waals surface area (Å²) in [6.07, 6.45) is 3.31. The molecular weight excluding hydrogens is 266 g/mol. The van der Waals surface area contributed by atoms with Gasteiger partial charge >= 0.3 is 0 Å². The maximum Gasteiger partial charge on any atom is 0.241 e. The van der Waals surface area contributed by atoms with E-state index in [-0.39, 0.29) is 11.9 Å². The molecular formula is C15H19N5O. The number of carbonyl (C=O) groups excluding carboxylic acids is 1. The zero-order chi connectivity index (χ0) is 14.7. The number of rotatable bonds is 4. The standard InChI is InChI=1S/C15H19N5O/c1-20-10-18-19-13(20)7-9-17-15(21)14-12-5-3-2-4-11(12)6-8-16-14/h2-5,10,14,16H,6-9H2,1H3,(H,17,21). The van der Waals surface area contributed by atoms with Crippen LogP contribution >= 0.6 is 0 Å². The van der Waals surface area contributed by atoms with Crippen LogP contribution in [0.2, 0.25) is 0 Å². The van der Waals surface area contributed by atoms with Crippen LogP contribution in [0.3, 0.4) is 0 Å². The van der Waals surface area contributed by atoms with E-state index in [2.05, 4.69) is 26.9 Å². The number of aromatic nitrogens is 3.